The van der Waals surface area contributed by atoms with Crippen LogP contribution in [0, 0.1) is 6.92 Å². The van der Waals surface area contributed by atoms with Gasteiger partial charge in [-0.25, -0.2) is 0 Å². The summed E-state index contributed by atoms with van der Waals surface area (Å²) >= 11 is 3.94. The molecular weight excluding hydrogens is 236 g/mol. The van der Waals surface area contributed by atoms with Gasteiger partial charge in [0.05, 0.1) is 0 Å². The van der Waals surface area contributed by atoms with E-state index in [1.807, 2.05) is 36.5 Å². The van der Waals surface area contributed by atoms with E-state index in [1.54, 1.807) is 0 Å². The van der Waals surface area contributed by atoms with Crippen LogP contribution in [0.2, 0.25) is 0 Å². The molecule has 0 amide bonds. The van der Waals surface area contributed by atoms with Crippen LogP contribution >= 0.6 is 23.5 Å². The van der Waals surface area contributed by atoms with Crippen molar-refractivity contribution in [2.45, 2.75) is 43.6 Å². The van der Waals surface area contributed by atoms with Crippen molar-refractivity contribution in [1.82, 2.24) is 0 Å². The summed E-state index contributed by atoms with van der Waals surface area (Å²) in [7, 11) is 0. The second kappa shape index (κ2) is 8.13. The highest BCUT2D eigenvalue weighted by molar-refractivity contribution is 8.16. The van der Waals surface area contributed by atoms with Gasteiger partial charge in [-0.2, -0.15) is 23.5 Å². The molecule has 0 saturated heterocycles. The lowest BCUT2D eigenvalue weighted by Crippen LogP contribution is -1.95. The second-order valence-electron chi connectivity index (χ2n) is 4.01. The fraction of sp³-hybridized carbons (Fsp3) is 0.692. The molecule has 16 heavy (non-hydrogen) atoms. The van der Waals surface area contributed by atoms with Gasteiger partial charge in [0.1, 0.15) is 11.5 Å². The predicted molar refractivity (Wildman–Crippen MR) is 76.4 cm³/mol. The smallest absolute Gasteiger partial charge is 0.104 e. The largest absolute Gasteiger partial charge is 0.466 e. The van der Waals surface area contributed by atoms with Gasteiger partial charge in [0.15, 0.2) is 0 Å². The first kappa shape index (κ1) is 14.0. The van der Waals surface area contributed by atoms with Gasteiger partial charge in [0.25, 0.3) is 0 Å². The topological polar surface area (TPSA) is 13.1 Å². The van der Waals surface area contributed by atoms with E-state index in [9.17, 15) is 0 Å². The Labute approximate surface area is 108 Å². The highest BCUT2D eigenvalue weighted by Crippen LogP contribution is 2.24. The van der Waals surface area contributed by atoms with Crippen LogP contribution in [0.3, 0.4) is 0 Å². The average molecular weight is 258 g/mol. The third kappa shape index (κ3) is 5.35. The fourth-order valence-electron chi connectivity index (χ4n) is 1.74. The maximum absolute atomic E-state index is 5.55. The Bertz CT molecular complexity index is 279. The van der Waals surface area contributed by atoms with Crippen LogP contribution < -0.4 is 0 Å². The molecule has 0 aliphatic heterocycles. The zero-order valence-corrected chi connectivity index (χ0v) is 12.1. The minimum atomic E-state index is 0.783. The van der Waals surface area contributed by atoms with Gasteiger partial charge in [0.2, 0.25) is 0 Å². The monoisotopic (exact) mass is 258 g/mol. The van der Waals surface area contributed by atoms with E-state index >= 15 is 0 Å². The third-order valence-corrected chi connectivity index (χ3v) is 5.36. The quantitative estimate of drug-likeness (QED) is 0.494. The highest BCUT2D eigenvalue weighted by Gasteiger charge is 2.04. The Kier molecular flexibility index (Phi) is 7.13. The number of thioether (sulfide) groups is 2. The Balaban J connectivity index is 2.04. The van der Waals surface area contributed by atoms with Crippen LogP contribution in [0.25, 0.3) is 0 Å². The molecule has 1 aromatic heterocycles. The highest BCUT2D eigenvalue weighted by atomic mass is 32.2. The third-order valence-electron chi connectivity index (χ3n) is 2.68. The number of unbranched alkanes of at least 4 members (excludes halogenated alkanes) is 2. The molecule has 0 aromatic carbocycles. The maximum Gasteiger partial charge on any atom is 0.104 e. The molecule has 0 atom stereocenters. The van der Waals surface area contributed by atoms with Crippen LogP contribution in [-0.2, 0) is 6.42 Å². The van der Waals surface area contributed by atoms with Crippen LogP contribution in [0.5, 0.6) is 0 Å². The summed E-state index contributed by atoms with van der Waals surface area (Å²) in [6.07, 6.45) is 10.7. The molecule has 0 bridgehead atoms. The number of furan rings is 1. The number of hydrogen-bond acceptors (Lipinski definition) is 3. The van der Waals surface area contributed by atoms with Gasteiger partial charge in [-0.15, -0.1) is 0 Å². The maximum atomic E-state index is 5.55. The zero-order valence-electron chi connectivity index (χ0n) is 10.5. The molecule has 0 saturated carbocycles. The first-order valence-electron chi connectivity index (χ1n) is 5.87. The molecule has 1 heterocycles. The number of hydrogen-bond donors (Lipinski definition) is 0. The summed E-state index contributed by atoms with van der Waals surface area (Å²) in [6.45, 7) is 2.00. The molecule has 1 aromatic rings. The summed E-state index contributed by atoms with van der Waals surface area (Å²) < 4.78 is 6.33. The van der Waals surface area contributed by atoms with E-state index < -0.39 is 0 Å². The van der Waals surface area contributed by atoms with Gasteiger partial charge < -0.3 is 4.42 Å². The lowest BCUT2D eigenvalue weighted by Gasteiger charge is -2.10. The molecule has 0 N–H and O–H groups in total. The molecule has 0 radical (unpaired) electrons. The van der Waals surface area contributed by atoms with Crippen LogP contribution in [0.4, 0.5) is 0 Å². The van der Waals surface area contributed by atoms with E-state index in [4.69, 9.17) is 4.42 Å². The fourth-order valence-corrected chi connectivity index (χ4v) is 3.31. The molecule has 0 aliphatic rings. The van der Waals surface area contributed by atoms with Crippen LogP contribution in [0.1, 0.15) is 37.2 Å². The molecule has 1 nitrogen and oxygen atoms in total. The zero-order chi connectivity index (χ0) is 11.8. The van der Waals surface area contributed by atoms with Gasteiger partial charge >= 0.3 is 0 Å². The molecule has 1 rings (SSSR count). The summed E-state index contributed by atoms with van der Waals surface area (Å²) in [6, 6.07) is 4.15. The second-order valence-corrected chi connectivity index (χ2v) is 6.39. The Hall–Kier alpha value is -0.0200. The normalized spacial score (nSPS) is 11.2. The van der Waals surface area contributed by atoms with Crippen molar-refractivity contribution in [3.8, 4) is 0 Å². The molecule has 0 aliphatic carbocycles. The van der Waals surface area contributed by atoms with Gasteiger partial charge in [-0.3, -0.25) is 0 Å². The molecular formula is C13H22OS2. The summed E-state index contributed by atoms with van der Waals surface area (Å²) in [4.78, 5) is 0. The molecule has 0 unspecified atom stereocenters. The molecule has 3 heteroatoms. The summed E-state index contributed by atoms with van der Waals surface area (Å²) in [5.41, 5.74) is 0. The SMILES string of the molecule is CSC(CCCCCc1ccc(C)o1)SC. The van der Waals surface area contributed by atoms with E-state index in [0.717, 1.165) is 22.5 Å². The number of aryl methyl sites for hydroxylation is 2. The minimum absolute atomic E-state index is 0.783. The first-order valence-corrected chi connectivity index (χ1v) is 8.44. The van der Waals surface area contributed by atoms with Crippen molar-refractivity contribution in [3.05, 3.63) is 23.7 Å². The predicted octanol–water partition coefficient (Wildman–Crippen LogP) is 4.74. The van der Waals surface area contributed by atoms with Gasteiger partial charge in [0, 0.05) is 11.0 Å². The Morgan fingerprint density at radius 3 is 2.44 bits per heavy atom. The van der Waals surface area contributed by atoms with Crippen molar-refractivity contribution in [2.75, 3.05) is 12.5 Å². The Morgan fingerprint density at radius 2 is 1.88 bits per heavy atom. The lowest BCUT2D eigenvalue weighted by molar-refractivity contribution is 0.471. The van der Waals surface area contributed by atoms with E-state index in [0.29, 0.717) is 0 Å². The minimum Gasteiger partial charge on any atom is -0.466 e. The van der Waals surface area contributed by atoms with Crippen molar-refractivity contribution >= 4 is 23.5 Å². The molecule has 0 spiro atoms. The summed E-state index contributed by atoms with van der Waals surface area (Å²) in [5, 5.41) is 0. The van der Waals surface area contributed by atoms with Crippen LogP contribution in [0.15, 0.2) is 16.5 Å². The van der Waals surface area contributed by atoms with Crippen molar-refractivity contribution in [1.29, 1.82) is 0 Å². The van der Waals surface area contributed by atoms with Gasteiger partial charge in [-0.1, -0.05) is 12.8 Å². The molecule has 92 valence electrons. The summed E-state index contributed by atoms with van der Waals surface area (Å²) in [5.74, 6) is 2.17. The van der Waals surface area contributed by atoms with Crippen molar-refractivity contribution in [2.24, 2.45) is 0 Å². The Morgan fingerprint density at radius 1 is 1.12 bits per heavy atom. The number of rotatable bonds is 8. The van der Waals surface area contributed by atoms with Crippen molar-refractivity contribution < 1.29 is 4.42 Å². The molecule has 0 fully saturated rings. The van der Waals surface area contributed by atoms with Crippen molar-refractivity contribution in [3.63, 3.8) is 0 Å². The van der Waals surface area contributed by atoms with Crippen LogP contribution in [-0.4, -0.2) is 17.1 Å². The van der Waals surface area contributed by atoms with E-state index in [1.165, 1.54) is 25.7 Å². The van der Waals surface area contributed by atoms with Gasteiger partial charge in [-0.05, 0) is 44.4 Å². The first-order chi connectivity index (χ1) is 7.76. The lowest BCUT2D eigenvalue weighted by atomic mass is 10.1. The van der Waals surface area contributed by atoms with E-state index in [2.05, 4.69) is 18.6 Å². The average Bonchev–Trinajstić information content (AvgIpc) is 2.70. The van der Waals surface area contributed by atoms with E-state index in [-0.39, 0.29) is 0 Å². The standard InChI is InChI=1S/C13H22OS2/c1-11-9-10-12(14-11)7-5-4-6-8-13(15-2)16-3/h9-10,13H,4-8H2,1-3H3.